The fourth-order valence-electron chi connectivity index (χ4n) is 3.45. The Morgan fingerprint density at radius 2 is 2.10 bits per heavy atom. The van der Waals surface area contributed by atoms with Gasteiger partial charge in [-0.15, -0.1) is 0 Å². The topological polar surface area (TPSA) is 32.5 Å². The SMILES string of the molecule is Cc1ccc(C)c(C(CN)N2CCCC2CN(C)C)c1. The van der Waals surface area contributed by atoms with Gasteiger partial charge in [0.15, 0.2) is 0 Å². The Bertz CT molecular complexity index is 442. The van der Waals surface area contributed by atoms with Gasteiger partial charge in [-0.1, -0.05) is 23.8 Å². The lowest BCUT2D eigenvalue weighted by molar-refractivity contribution is 0.155. The third-order valence-electron chi connectivity index (χ3n) is 4.42. The molecule has 1 heterocycles. The highest BCUT2D eigenvalue weighted by atomic mass is 15.2. The van der Waals surface area contributed by atoms with E-state index in [1.165, 1.54) is 36.1 Å². The first-order chi connectivity index (χ1) is 9.52. The van der Waals surface area contributed by atoms with Crippen molar-refractivity contribution < 1.29 is 0 Å². The van der Waals surface area contributed by atoms with Crippen molar-refractivity contribution >= 4 is 0 Å². The van der Waals surface area contributed by atoms with Gasteiger partial charge < -0.3 is 10.6 Å². The van der Waals surface area contributed by atoms with E-state index in [-0.39, 0.29) is 0 Å². The highest BCUT2D eigenvalue weighted by Gasteiger charge is 2.31. The maximum absolute atomic E-state index is 6.14. The van der Waals surface area contributed by atoms with Gasteiger partial charge in [0.25, 0.3) is 0 Å². The lowest BCUT2D eigenvalue weighted by Crippen LogP contribution is -2.42. The van der Waals surface area contributed by atoms with Crippen molar-refractivity contribution in [1.29, 1.82) is 0 Å². The molecular formula is C17H29N3. The number of likely N-dealkylation sites (N-methyl/N-ethyl adjacent to an activating group) is 1. The van der Waals surface area contributed by atoms with Gasteiger partial charge in [0.1, 0.15) is 0 Å². The molecule has 1 aliphatic heterocycles. The Morgan fingerprint density at radius 3 is 2.75 bits per heavy atom. The first-order valence-electron chi connectivity index (χ1n) is 7.70. The largest absolute Gasteiger partial charge is 0.329 e. The lowest BCUT2D eigenvalue weighted by Gasteiger charge is -2.35. The van der Waals surface area contributed by atoms with Gasteiger partial charge in [-0.2, -0.15) is 0 Å². The van der Waals surface area contributed by atoms with Crippen LogP contribution in [0.2, 0.25) is 0 Å². The molecule has 112 valence electrons. The molecule has 0 amide bonds. The molecule has 2 rings (SSSR count). The molecule has 3 heteroatoms. The molecule has 2 atom stereocenters. The van der Waals surface area contributed by atoms with Gasteiger partial charge in [-0.3, -0.25) is 4.90 Å². The number of likely N-dealkylation sites (tertiary alicyclic amines) is 1. The Labute approximate surface area is 123 Å². The van der Waals surface area contributed by atoms with Crippen LogP contribution in [0.25, 0.3) is 0 Å². The van der Waals surface area contributed by atoms with E-state index < -0.39 is 0 Å². The monoisotopic (exact) mass is 275 g/mol. The summed E-state index contributed by atoms with van der Waals surface area (Å²) in [6.07, 6.45) is 2.58. The highest BCUT2D eigenvalue weighted by molar-refractivity contribution is 5.33. The quantitative estimate of drug-likeness (QED) is 0.895. The Morgan fingerprint density at radius 1 is 1.35 bits per heavy atom. The fraction of sp³-hybridized carbons (Fsp3) is 0.647. The summed E-state index contributed by atoms with van der Waals surface area (Å²) in [7, 11) is 4.32. The van der Waals surface area contributed by atoms with Crippen LogP contribution in [-0.2, 0) is 0 Å². The summed E-state index contributed by atoms with van der Waals surface area (Å²) in [4.78, 5) is 4.92. The van der Waals surface area contributed by atoms with E-state index in [2.05, 4.69) is 55.9 Å². The summed E-state index contributed by atoms with van der Waals surface area (Å²) in [5.41, 5.74) is 10.2. The van der Waals surface area contributed by atoms with Gasteiger partial charge in [-0.25, -0.2) is 0 Å². The number of rotatable bonds is 5. The van der Waals surface area contributed by atoms with Gasteiger partial charge >= 0.3 is 0 Å². The van der Waals surface area contributed by atoms with Crippen LogP contribution in [-0.4, -0.2) is 49.6 Å². The number of nitrogens with two attached hydrogens (primary N) is 1. The average Bonchev–Trinajstić information content (AvgIpc) is 2.82. The van der Waals surface area contributed by atoms with E-state index in [0.717, 1.165) is 6.54 Å². The van der Waals surface area contributed by atoms with E-state index in [4.69, 9.17) is 5.73 Å². The third-order valence-corrected chi connectivity index (χ3v) is 4.42. The van der Waals surface area contributed by atoms with Crippen molar-refractivity contribution in [2.45, 2.75) is 38.8 Å². The van der Waals surface area contributed by atoms with Crippen molar-refractivity contribution in [3.05, 3.63) is 34.9 Å². The smallest absolute Gasteiger partial charge is 0.0476 e. The Hall–Kier alpha value is -0.900. The standard InChI is InChI=1S/C17H29N3/c1-13-7-8-14(2)16(10-13)17(11-18)20-9-5-6-15(20)12-19(3)4/h7-8,10,15,17H,5-6,9,11-12,18H2,1-4H3. The summed E-state index contributed by atoms with van der Waals surface area (Å²) < 4.78 is 0. The van der Waals surface area contributed by atoms with Crippen molar-refractivity contribution in [3.63, 3.8) is 0 Å². The van der Waals surface area contributed by atoms with Crippen LogP contribution in [0.1, 0.15) is 35.6 Å². The van der Waals surface area contributed by atoms with Crippen LogP contribution in [0.3, 0.4) is 0 Å². The van der Waals surface area contributed by atoms with Gasteiger partial charge in [-0.05, 0) is 58.5 Å². The minimum absolute atomic E-state index is 0.363. The zero-order valence-corrected chi connectivity index (χ0v) is 13.4. The first-order valence-corrected chi connectivity index (χ1v) is 7.70. The van der Waals surface area contributed by atoms with Crippen LogP contribution >= 0.6 is 0 Å². The Balaban J connectivity index is 2.24. The zero-order chi connectivity index (χ0) is 14.7. The zero-order valence-electron chi connectivity index (χ0n) is 13.4. The molecule has 2 unspecified atom stereocenters. The second kappa shape index (κ2) is 6.70. The van der Waals surface area contributed by atoms with Crippen molar-refractivity contribution in [1.82, 2.24) is 9.80 Å². The molecule has 1 aromatic rings. The molecule has 0 bridgehead atoms. The van der Waals surface area contributed by atoms with Gasteiger partial charge in [0.05, 0.1) is 0 Å². The van der Waals surface area contributed by atoms with Gasteiger partial charge in [0, 0.05) is 25.2 Å². The molecule has 0 aliphatic carbocycles. The fourth-order valence-corrected chi connectivity index (χ4v) is 3.45. The van der Waals surface area contributed by atoms with E-state index >= 15 is 0 Å². The molecule has 1 saturated heterocycles. The normalized spacial score (nSPS) is 21.6. The van der Waals surface area contributed by atoms with E-state index in [1.54, 1.807) is 0 Å². The minimum Gasteiger partial charge on any atom is -0.329 e. The van der Waals surface area contributed by atoms with E-state index in [9.17, 15) is 0 Å². The lowest BCUT2D eigenvalue weighted by atomic mass is 9.97. The van der Waals surface area contributed by atoms with Crippen LogP contribution < -0.4 is 5.73 Å². The number of nitrogens with zero attached hydrogens (tertiary/aromatic N) is 2. The minimum atomic E-state index is 0.363. The molecule has 1 aromatic carbocycles. The van der Waals surface area contributed by atoms with E-state index in [1.807, 2.05) is 0 Å². The van der Waals surface area contributed by atoms with Crippen molar-refractivity contribution in [3.8, 4) is 0 Å². The molecule has 3 nitrogen and oxygen atoms in total. The van der Waals surface area contributed by atoms with Crippen LogP contribution in [0, 0.1) is 13.8 Å². The second-order valence-electron chi connectivity index (χ2n) is 6.41. The maximum atomic E-state index is 6.14. The second-order valence-corrected chi connectivity index (χ2v) is 6.41. The summed E-state index contributed by atoms with van der Waals surface area (Å²) in [6, 6.07) is 7.73. The van der Waals surface area contributed by atoms with Crippen molar-refractivity contribution in [2.75, 3.05) is 33.7 Å². The highest BCUT2D eigenvalue weighted by Crippen LogP contribution is 2.31. The maximum Gasteiger partial charge on any atom is 0.0476 e. The predicted octanol–water partition coefficient (Wildman–Crippen LogP) is 2.33. The summed E-state index contributed by atoms with van der Waals surface area (Å²) in [5.74, 6) is 0. The summed E-state index contributed by atoms with van der Waals surface area (Å²) in [6.45, 7) is 7.37. The number of hydrogen-bond acceptors (Lipinski definition) is 3. The van der Waals surface area contributed by atoms with Gasteiger partial charge in [0.2, 0.25) is 0 Å². The van der Waals surface area contributed by atoms with Crippen LogP contribution in [0.5, 0.6) is 0 Å². The average molecular weight is 275 g/mol. The molecule has 2 N–H and O–H groups in total. The number of benzene rings is 1. The van der Waals surface area contributed by atoms with E-state index in [0.29, 0.717) is 18.6 Å². The van der Waals surface area contributed by atoms with Crippen molar-refractivity contribution in [2.24, 2.45) is 5.73 Å². The first kappa shape index (κ1) is 15.5. The predicted molar refractivity (Wildman–Crippen MR) is 86.0 cm³/mol. The molecule has 1 fully saturated rings. The molecule has 0 spiro atoms. The molecular weight excluding hydrogens is 246 g/mol. The molecule has 0 saturated carbocycles. The molecule has 20 heavy (non-hydrogen) atoms. The van der Waals surface area contributed by atoms with Crippen LogP contribution in [0.4, 0.5) is 0 Å². The molecule has 0 aromatic heterocycles. The Kier molecular flexibility index (Phi) is 5.19. The summed E-state index contributed by atoms with van der Waals surface area (Å²) in [5, 5.41) is 0. The number of hydrogen-bond donors (Lipinski definition) is 1. The molecule has 0 radical (unpaired) electrons. The number of aryl methyl sites for hydroxylation is 2. The third kappa shape index (κ3) is 3.40. The van der Waals surface area contributed by atoms with Crippen LogP contribution in [0.15, 0.2) is 18.2 Å². The molecule has 1 aliphatic rings. The summed E-state index contributed by atoms with van der Waals surface area (Å²) >= 11 is 0.